The van der Waals surface area contributed by atoms with Gasteiger partial charge in [-0.1, -0.05) is 0 Å². The Hall–Kier alpha value is -2.91. The summed E-state index contributed by atoms with van der Waals surface area (Å²) in [6.07, 6.45) is -0.633. The lowest BCUT2D eigenvalue weighted by Gasteiger charge is -2.41. The van der Waals surface area contributed by atoms with Crippen molar-refractivity contribution >= 4 is 35.7 Å². The standard InChI is InChI=1S/C19H20F2N6O.ClH/c20-13-1-5-15(6-2-13)23-18-24-17(22)25-19(26-9-11-28-12-10-26)27(18)16-7-3-14(21)4-8-16;/h1-8,18,23H,9-12H2,(H2,22,24);1H. The van der Waals surface area contributed by atoms with Crippen molar-refractivity contribution in [1.29, 1.82) is 0 Å². The van der Waals surface area contributed by atoms with Gasteiger partial charge in [-0.05, 0) is 48.5 Å². The second kappa shape index (κ2) is 9.06. The third-order valence-electron chi connectivity index (χ3n) is 4.47. The van der Waals surface area contributed by atoms with Gasteiger partial charge < -0.3 is 20.7 Å². The molecule has 2 heterocycles. The average Bonchev–Trinajstić information content (AvgIpc) is 2.71. The molecule has 2 aromatic rings. The lowest BCUT2D eigenvalue weighted by molar-refractivity contribution is 0.0671. The van der Waals surface area contributed by atoms with E-state index in [9.17, 15) is 8.78 Å². The number of hydrogen-bond acceptors (Lipinski definition) is 7. The Balaban J connectivity index is 0.00000240. The molecule has 2 aliphatic heterocycles. The van der Waals surface area contributed by atoms with Crippen LogP contribution in [0.15, 0.2) is 58.5 Å². The van der Waals surface area contributed by atoms with Crippen molar-refractivity contribution in [3.8, 4) is 0 Å². The number of nitrogens with one attached hydrogen (secondary N) is 1. The summed E-state index contributed by atoms with van der Waals surface area (Å²) in [6.45, 7) is 2.44. The second-order valence-corrected chi connectivity index (χ2v) is 6.37. The van der Waals surface area contributed by atoms with Gasteiger partial charge in [0.1, 0.15) is 11.6 Å². The van der Waals surface area contributed by atoms with Gasteiger partial charge in [0, 0.05) is 24.5 Å². The van der Waals surface area contributed by atoms with Gasteiger partial charge in [-0.25, -0.2) is 13.8 Å². The number of hydrogen-bond donors (Lipinski definition) is 2. The van der Waals surface area contributed by atoms with E-state index in [4.69, 9.17) is 10.5 Å². The highest BCUT2D eigenvalue weighted by atomic mass is 35.5. The molecular weight excluding hydrogens is 402 g/mol. The van der Waals surface area contributed by atoms with Crippen LogP contribution in [0.25, 0.3) is 0 Å². The normalized spacial score (nSPS) is 19.2. The van der Waals surface area contributed by atoms with Crippen LogP contribution < -0.4 is 16.0 Å². The SMILES string of the molecule is Cl.NC1=NC(Nc2ccc(F)cc2)N(c2ccc(F)cc2)C(N2CCOCC2)=N1. The number of halogens is 3. The third-order valence-corrected chi connectivity index (χ3v) is 4.47. The van der Waals surface area contributed by atoms with Gasteiger partial charge in [-0.2, -0.15) is 4.99 Å². The van der Waals surface area contributed by atoms with Crippen molar-refractivity contribution in [3.63, 3.8) is 0 Å². The van der Waals surface area contributed by atoms with Gasteiger partial charge >= 0.3 is 0 Å². The minimum absolute atomic E-state index is 0. The van der Waals surface area contributed by atoms with Crippen LogP contribution in [-0.2, 0) is 4.74 Å². The third kappa shape index (κ3) is 4.75. The number of aliphatic imine (C=N–C) groups is 2. The van der Waals surface area contributed by atoms with Gasteiger partial charge in [0.05, 0.1) is 13.2 Å². The summed E-state index contributed by atoms with van der Waals surface area (Å²) in [5.41, 5.74) is 7.34. The molecule has 0 aromatic heterocycles. The largest absolute Gasteiger partial charge is 0.378 e. The lowest BCUT2D eigenvalue weighted by Crippen LogP contribution is -2.57. The molecule has 0 bridgehead atoms. The average molecular weight is 423 g/mol. The molecule has 154 valence electrons. The molecule has 0 aliphatic carbocycles. The van der Waals surface area contributed by atoms with Crippen molar-refractivity contribution < 1.29 is 13.5 Å². The van der Waals surface area contributed by atoms with Crippen LogP contribution in [0.2, 0.25) is 0 Å². The van der Waals surface area contributed by atoms with Crippen molar-refractivity contribution in [2.24, 2.45) is 15.7 Å². The Bertz CT molecular complexity index is 885. The molecule has 1 saturated heterocycles. The summed E-state index contributed by atoms with van der Waals surface area (Å²) in [5, 5.41) is 3.23. The summed E-state index contributed by atoms with van der Waals surface area (Å²) in [6, 6.07) is 12.0. The van der Waals surface area contributed by atoms with Crippen LogP contribution in [0.4, 0.5) is 20.2 Å². The molecule has 0 radical (unpaired) electrons. The summed E-state index contributed by atoms with van der Waals surface area (Å²) in [5.74, 6) is 0.0568. The van der Waals surface area contributed by atoms with E-state index in [-0.39, 0.29) is 30.0 Å². The second-order valence-electron chi connectivity index (χ2n) is 6.37. The fraction of sp³-hybridized carbons (Fsp3) is 0.263. The Kier molecular flexibility index (Phi) is 6.50. The number of anilines is 2. The molecule has 0 saturated carbocycles. The van der Waals surface area contributed by atoms with E-state index < -0.39 is 6.29 Å². The number of benzene rings is 2. The molecule has 10 heteroatoms. The van der Waals surface area contributed by atoms with Gasteiger partial charge in [-0.3, -0.25) is 4.90 Å². The van der Waals surface area contributed by atoms with Gasteiger partial charge in [-0.15, -0.1) is 12.4 Å². The molecule has 2 aromatic carbocycles. The number of morpholine rings is 1. The molecule has 7 nitrogen and oxygen atoms in total. The van der Waals surface area contributed by atoms with Crippen molar-refractivity contribution in [3.05, 3.63) is 60.2 Å². The zero-order valence-electron chi connectivity index (χ0n) is 15.5. The number of guanidine groups is 2. The molecule has 1 fully saturated rings. The molecular formula is C19H21ClF2N6O. The Labute approximate surface area is 173 Å². The Morgan fingerprint density at radius 2 is 1.55 bits per heavy atom. The van der Waals surface area contributed by atoms with Crippen LogP contribution in [0.1, 0.15) is 0 Å². The molecule has 29 heavy (non-hydrogen) atoms. The summed E-state index contributed by atoms with van der Waals surface area (Å²) < 4.78 is 32.2. The Morgan fingerprint density at radius 1 is 0.966 bits per heavy atom. The predicted octanol–water partition coefficient (Wildman–Crippen LogP) is 2.61. The van der Waals surface area contributed by atoms with E-state index in [2.05, 4.69) is 15.3 Å². The van der Waals surface area contributed by atoms with Crippen molar-refractivity contribution in [2.75, 3.05) is 36.5 Å². The zero-order valence-corrected chi connectivity index (χ0v) is 16.3. The van der Waals surface area contributed by atoms with Crippen LogP contribution in [0.3, 0.4) is 0 Å². The first-order valence-corrected chi connectivity index (χ1v) is 8.92. The first-order valence-electron chi connectivity index (χ1n) is 8.92. The summed E-state index contributed by atoms with van der Waals surface area (Å²) in [4.78, 5) is 12.7. The highest BCUT2D eigenvalue weighted by molar-refractivity contribution is 6.06. The predicted molar refractivity (Wildman–Crippen MR) is 111 cm³/mol. The fourth-order valence-corrected chi connectivity index (χ4v) is 3.11. The van der Waals surface area contributed by atoms with E-state index in [0.717, 1.165) is 0 Å². The number of ether oxygens (including phenoxy) is 1. The zero-order chi connectivity index (χ0) is 19.5. The van der Waals surface area contributed by atoms with E-state index in [0.29, 0.717) is 43.6 Å². The molecule has 1 atom stereocenters. The first kappa shape index (κ1) is 20.8. The summed E-state index contributed by atoms with van der Waals surface area (Å²) >= 11 is 0. The van der Waals surface area contributed by atoms with Crippen LogP contribution in [0, 0.1) is 11.6 Å². The van der Waals surface area contributed by atoms with Gasteiger partial charge in [0.25, 0.3) is 0 Å². The maximum absolute atomic E-state index is 13.5. The maximum atomic E-state index is 13.5. The van der Waals surface area contributed by atoms with E-state index in [1.807, 2.05) is 9.80 Å². The minimum atomic E-state index is -0.633. The molecule has 3 N–H and O–H groups in total. The van der Waals surface area contributed by atoms with E-state index in [1.165, 1.54) is 24.3 Å². The van der Waals surface area contributed by atoms with E-state index in [1.54, 1.807) is 24.3 Å². The van der Waals surface area contributed by atoms with Crippen LogP contribution in [-0.4, -0.2) is 49.4 Å². The lowest BCUT2D eigenvalue weighted by atomic mass is 10.2. The fourth-order valence-electron chi connectivity index (χ4n) is 3.11. The van der Waals surface area contributed by atoms with Crippen molar-refractivity contribution in [1.82, 2.24) is 4.90 Å². The minimum Gasteiger partial charge on any atom is -0.378 e. The number of rotatable bonds is 3. The highest BCUT2D eigenvalue weighted by Crippen LogP contribution is 2.25. The molecule has 0 amide bonds. The van der Waals surface area contributed by atoms with Gasteiger partial charge in [0.15, 0.2) is 0 Å². The van der Waals surface area contributed by atoms with Gasteiger partial charge in [0.2, 0.25) is 18.2 Å². The molecule has 1 unspecified atom stereocenters. The number of nitrogens with two attached hydrogens (primary N) is 1. The quantitative estimate of drug-likeness (QED) is 0.795. The van der Waals surface area contributed by atoms with Crippen molar-refractivity contribution in [2.45, 2.75) is 6.29 Å². The topological polar surface area (TPSA) is 78.5 Å². The maximum Gasteiger partial charge on any atom is 0.222 e. The van der Waals surface area contributed by atoms with Crippen LogP contribution in [0.5, 0.6) is 0 Å². The molecule has 4 rings (SSSR count). The molecule has 2 aliphatic rings. The van der Waals surface area contributed by atoms with Crippen LogP contribution >= 0.6 is 12.4 Å². The summed E-state index contributed by atoms with van der Waals surface area (Å²) in [7, 11) is 0. The Morgan fingerprint density at radius 3 is 2.17 bits per heavy atom. The monoisotopic (exact) mass is 422 g/mol. The smallest absolute Gasteiger partial charge is 0.222 e. The van der Waals surface area contributed by atoms with E-state index >= 15 is 0 Å². The first-order chi connectivity index (χ1) is 13.6. The number of nitrogens with zero attached hydrogens (tertiary/aromatic N) is 4. The molecule has 0 spiro atoms. The highest BCUT2D eigenvalue weighted by Gasteiger charge is 2.32.